The molecule has 1 saturated carbocycles. The summed E-state index contributed by atoms with van der Waals surface area (Å²) in [5.74, 6) is 1.75. The zero-order valence-corrected chi connectivity index (χ0v) is 10.8. The molecular formula is C14H22N2O. The zero-order valence-electron chi connectivity index (χ0n) is 10.8. The third-order valence-corrected chi connectivity index (χ3v) is 3.25. The maximum atomic E-state index is 6.07. The molecule has 2 rings (SSSR count). The Morgan fingerprint density at radius 3 is 2.76 bits per heavy atom. The summed E-state index contributed by atoms with van der Waals surface area (Å²) in [4.78, 5) is 2.40. The van der Waals surface area contributed by atoms with Crippen LogP contribution < -0.4 is 15.4 Å². The minimum absolute atomic E-state index is 0.847. The molecule has 0 aliphatic heterocycles. The van der Waals surface area contributed by atoms with E-state index in [2.05, 4.69) is 11.8 Å². The molecule has 1 aromatic carbocycles. The van der Waals surface area contributed by atoms with Gasteiger partial charge >= 0.3 is 0 Å². The normalized spacial score (nSPS) is 14.7. The molecule has 1 aliphatic carbocycles. The Balaban J connectivity index is 2.19. The van der Waals surface area contributed by atoms with Gasteiger partial charge in [0.15, 0.2) is 0 Å². The third kappa shape index (κ3) is 3.05. The van der Waals surface area contributed by atoms with E-state index in [4.69, 9.17) is 10.5 Å². The van der Waals surface area contributed by atoms with E-state index in [1.807, 2.05) is 18.2 Å². The Morgan fingerprint density at radius 1 is 1.41 bits per heavy atom. The van der Waals surface area contributed by atoms with Crippen molar-refractivity contribution in [3.63, 3.8) is 0 Å². The van der Waals surface area contributed by atoms with Gasteiger partial charge < -0.3 is 15.4 Å². The first-order valence-corrected chi connectivity index (χ1v) is 6.43. The molecule has 1 aromatic rings. The number of nitrogens with two attached hydrogens (primary N) is 1. The Labute approximate surface area is 104 Å². The lowest BCUT2D eigenvalue weighted by Gasteiger charge is -2.26. The van der Waals surface area contributed by atoms with Crippen LogP contribution in [-0.2, 0) is 0 Å². The number of anilines is 2. The second kappa shape index (κ2) is 5.30. The Hall–Kier alpha value is -1.38. The molecule has 0 atom stereocenters. The molecule has 0 spiro atoms. The molecule has 1 fully saturated rings. The van der Waals surface area contributed by atoms with Gasteiger partial charge in [-0.15, -0.1) is 0 Å². The second-order valence-electron chi connectivity index (χ2n) is 4.81. The molecule has 0 amide bonds. The Kier molecular flexibility index (Phi) is 3.77. The number of methoxy groups -OCH3 is 1. The monoisotopic (exact) mass is 234 g/mol. The highest BCUT2D eigenvalue weighted by atomic mass is 16.5. The molecule has 2 N–H and O–H groups in total. The summed E-state index contributed by atoms with van der Waals surface area (Å²) in [6.45, 7) is 4.40. The summed E-state index contributed by atoms with van der Waals surface area (Å²) in [6.07, 6.45) is 3.87. The van der Waals surface area contributed by atoms with E-state index in [1.165, 1.54) is 12.8 Å². The van der Waals surface area contributed by atoms with Crippen molar-refractivity contribution in [3.05, 3.63) is 18.2 Å². The smallest absolute Gasteiger partial charge is 0.121 e. The SMILES string of the molecule is CCCN(CC1CC1)c1cc(OC)ccc1N. The fourth-order valence-electron chi connectivity index (χ4n) is 2.12. The van der Waals surface area contributed by atoms with Gasteiger partial charge in [0.1, 0.15) is 5.75 Å². The van der Waals surface area contributed by atoms with Crippen molar-refractivity contribution in [1.82, 2.24) is 0 Å². The van der Waals surface area contributed by atoms with Gasteiger partial charge in [-0.3, -0.25) is 0 Å². The van der Waals surface area contributed by atoms with Crippen molar-refractivity contribution >= 4 is 11.4 Å². The Morgan fingerprint density at radius 2 is 2.18 bits per heavy atom. The van der Waals surface area contributed by atoms with E-state index in [0.29, 0.717) is 0 Å². The van der Waals surface area contributed by atoms with Crippen LogP contribution in [0.3, 0.4) is 0 Å². The number of nitrogen functional groups attached to an aromatic ring is 1. The van der Waals surface area contributed by atoms with Crippen LogP contribution in [-0.4, -0.2) is 20.2 Å². The van der Waals surface area contributed by atoms with Gasteiger partial charge in [-0.25, -0.2) is 0 Å². The molecule has 3 heteroatoms. The predicted molar refractivity (Wildman–Crippen MR) is 72.6 cm³/mol. The van der Waals surface area contributed by atoms with E-state index < -0.39 is 0 Å². The van der Waals surface area contributed by atoms with Crippen molar-refractivity contribution < 1.29 is 4.74 Å². The van der Waals surface area contributed by atoms with Crippen LogP contribution >= 0.6 is 0 Å². The zero-order chi connectivity index (χ0) is 12.3. The van der Waals surface area contributed by atoms with Gasteiger partial charge in [-0.05, 0) is 37.3 Å². The van der Waals surface area contributed by atoms with Crippen LogP contribution in [0.25, 0.3) is 0 Å². The van der Waals surface area contributed by atoms with E-state index in [1.54, 1.807) is 7.11 Å². The van der Waals surface area contributed by atoms with E-state index >= 15 is 0 Å². The van der Waals surface area contributed by atoms with Gasteiger partial charge in [0.2, 0.25) is 0 Å². The number of benzene rings is 1. The van der Waals surface area contributed by atoms with Crippen LogP contribution in [0.5, 0.6) is 5.75 Å². The van der Waals surface area contributed by atoms with E-state index in [-0.39, 0.29) is 0 Å². The summed E-state index contributed by atoms with van der Waals surface area (Å²) in [7, 11) is 1.69. The molecule has 0 bridgehead atoms. The molecule has 0 aromatic heterocycles. The first kappa shape index (κ1) is 12.1. The third-order valence-electron chi connectivity index (χ3n) is 3.25. The second-order valence-corrected chi connectivity index (χ2v) is 4.81. The number of hydrogen-bond donors (Lipinski definition) is 1. The topological polar surface area (TPSA) is 38.5 Å². The summed E-state index contributed by atoms with van der Waals surface area (Å²) >= 11 is 0. The molecular weight excluding hydrogens is 212 g/mol. The van der Waals surface area contributed by atoms with E-state index in [0.717, 1.165) is 42.6 Å². The first-order chi connectivity index (χ1) is 8.24. The number of hydrogen-bond acceptors (Lipinski definition) is 3. The average Bonchev–Trinajstić information content (AvgIpc) is 3.13. The molecule has 3 nitrogen and oxygen atoms in total. The van der Waals surface area contributed by atoms with Gasteiger partial charge in [-0.1, -0.05) is 6.92 Å². The van der Waals surface area contributed by atoms with Gasteiger partial charge in [0.05, 0.1) is 18.5 Å². The number of rotatable bonds is 6. The lowest BCUT2D eigenvalue weighted by Crippen LogP contribution is -2.27. The van der Waals surface area contributed by atoms with Crippen LogP contribution in [0.15, 0.2) is 18.2 Å². The van der Waals surface area contributed by atoms with Crippen molar-refractivity contribution in [3.8, 4) is 5.75 Å². The van der Waals surface area contributed by atoms with Crippen molar-refractivity contribution in [2.75, 3.05) is 30.8 Å². The van der Waals surface area contributed by atoms with Crippen LogP contribution in [0.1, 0.15) is 26.2 Å². The maximum absolute atomic E-state index is 6.07. The van der Waals surface area contributed by atoms with Gasteiger partial charge in [-0.2, -0.15) is 0 Å². The lowest BCUT2D eigenvalue weighted by atomic mass is 10.2. The predicted octanol–water partition coefficient (Wildman–Crippen LogP) is 2.90. The molecule has 0 unspecified atom stereocenters. The number of nitrogens with zero attached hydrogens (tertiary/aromatic N) is 1. The lowest BCUT2D eigenvalue weighted by molar-refractivity contribution is 0.415. The molecule has 0 saturated heterocycles. The highest BCUT2D eigenvalue weighted by molar-refractivity contribution is 5.69. The molecule has 1 aliphatic rings. The molecule has 0 radical (unpaired) electrons. The largest absolute Gasteiger partial charge is 0.497 e. The fraction of sp³-hybridized carbons (Fsp3) is 0.571. The summed E-state index contributed by atoms with van der Waals surface area (Å²) in [6, 6.07) is 5.90. The van der Waals surface area contributed by atoms with Gasteiger partial charge in [0.25, 0.3) is 0 Å². The van der Waals surface area contributed by atoms with Crippen LogP contribution in [0.2, 0.25) is 0 Å². The van der Waals surface area contributed by atoms with Crippen molar-refractivity contribution in [2.24, 2.45) is 5.92 Å². The quantitative estimate of drug-likeness (QED) is 0.769. The van der Waals surface area contributed by atoms with Crippen molar-refractivity contribution in [1.29, 1.82) is 0 Å². The summed E-state index contributed by atoms with van der Waals surface area (Å²) < 4.78 is 5.28. The van der Waals surface area contributed by atoms with Gasteiger partial charge in [0, 0.05) is 19.2 Å². The van der Waals surface area contributed by atoms with Crippen LogP contribution in [0, 0.1) is 5.92 Å². The van der Waals surface area contributed by atoms with Crippen LogP contribution in [0.4, 0.5) is 11.4 Å². The standard InChI is InChI=1S/C14H22N2O/c1-3-8-16(10-11-4-5-11)14-9-12(17-2)6-7-13(14)15/h6-7,9,11H,3-5,8,10,15H2,1-2H3. The maximum Gasteiger partial charge on any atom is 0.121 e. The minimum atomic E-state index is 0.847. The first-order valence-electron chi connectivity index (χ1n) is 6.43. The number of ether oxygens (including phenoxy) is 1. The molecule has 0 heterocycles. The fourth-order valence-corrected chi connectivity index (χ4v) is 2.12. The minimum Gasteiger partial charge on any atom is -0.497 e. The molecule has 94 valence electrons. The highest BCUT2D eigenvalue weighted by Crippen LogP contribution is 2.34. The summed E-state index contributed by atoms with van der Waals surface area (Å²) in [5, 5.41) is 0. The Bertz CT molecular complexity index is 374. The highest BCUT2D eigenvalue weighted by Gasteiger charge is 2.25. The summed E-state index contributed by atoms with van der Waals surface area (Å²) in [5.41, 5.74) is 8.04. The average molecular weight is 234 g/mol. The van der Waals surface area contributed by atoms with E-state index in [9.17, 15) is 0 Å². The molecule has 17 heavy (non-hydrogen) atoms. The van der Waals surface area contributed by atoms with Crippen molar-refractivity contribution in [2.45, 2.75) is 26.2 Å².